The van der Waals surface area contributed by atoms with Crippen LogP contribution in [0.3, 0.4) is 0 Å². The van der Waals surface area contributed by atoms with Gasteiger partial charge in [-0.15, -0.1) is 10.2 Å². The molecular weight excluding hydrogens is 389 g/mol. The van der Waals surface area contributed by atoms with Gasteiger partial charge in [0.05, 0.1) is 6.10 Å². The van der Waals surface area contributed by atoms with Gasteiger partial charge in [-0.25, -0.2) is 4.39 Å². The highest BCUT2D eigenvalue weighted by Crippen LogP contribution is 2.31. The Balaban J connectivity index is 1.50. The van der Waals surface area contributed by atoms with Crippen molar-refractivity contribution >= 4 is 44.2 Å². The average Bonchev–Trinajstić information content (AvgIpc) is 3.16. The summed E-state index contributed by atoms with van der Waals surface area (Å²) >= 11 is 6.50. The highest BCUT2D eigenvalue weighted by molar-refractivity contribution is 9.10. The minimum Gasteiger partial charge on any atom is -0.376 e. The van der Waals surface area contributed by atoms with Gasteiger partial charge in [0.2, 0.25) is 5.13 Å². The first-order valence-corrected chi connectivity index (χ1v) is 9.56. The number of hydrogen-bond donors (Lipinski definition) is 1. The van der Waals surface area contributed by atoms with E-state index < -0.39 is 0 Å². The monoisotopic (exact) mass is 403 g/mol. The molecule has 1 unspecified atom stereocenters. The number of hydrogen-bond acceptors (Lipinski definition) is 6. The number of rotatable bonds is 6. The molecule has 0 radical (unpaired) electrons. The number of ether oxygens (including phenoxy) is 1. The second kappa shape index (κ2) is 7.72. The van der Waals surface area contributed by atoms with E-state index in [0.29, 0.717) is 0 Å². The Hall–Kier alpha value is -0.700. The second-order valence-corrected chi connectivity index (χ2v) is 7.97. The zero-order valence-corrected chi connectivity index (χ0v) is 14.9. The molecule has 1 fully saturated rings. The summed E-state index contributed by atoms with van der Waals surface area (Å²) in [5.41, 5.74) is 1.04. The van der Waals surface area contributed by atoms with E-state index in [1.807, 2.05) is 0 Å². The van der Waals surface area contributed by atoms with Crippen molar-refractivity contribution in [3.05, 3.63) is 34.1 Å². The quantitative estimate of drug-likeness (QED) is 0.727. The average molecular weight is 404 g/mol. The largest absolute Gasteiger partial charge is 0.376 e. The lowest BCUT2D eigenvalue weighted by molar-refractivity contribution is 0.120. The van der Waals surface area contributed by atoms with Crippen molar-refractivity contribution in [2.24, 2.45) is 0 Å². The van der Waals surface area contributed by atoms with Crippen LogP contribution in [0, 0.1) is 5.82 Å². The molecule has 3 rings (SSSR count). The molecule has 0 saturated carbocycles. The van der Waals surface area contributed by atoms with Crippen molar-refractivity contribution in [1.29, 1.82) is 0 Å². The maximum absolute atomic E-state index is 13.1. The molecule has 0 spiro atoms. The Kier molecular flexibility index (Phi) is 5.67. The first kappa shape index (κ1) is 16.2. The van der Waals surface area contributed by atoms with Crippen molar-refractivity contribution in [2.45, 2.75) is 29.0 Å². The third kappa shape index (κ3) is 4.41. The zero-order chi connectivity index (χ0) is 15.4. The predicted octanol–water partition coefficient (Wildman–Crippen LogP) is 4.32. The molecular formula is C14H15BrFN3OS2. The summed E-state index contributed by atoms with van der Waals surface area (Å²) < 4.78 is 20.3. The Morgan fingerprint density at radius 2 is 2.36 bits per heavy atom. The standard InChI is InChI=1S/C14H15BrFN3OS2/c15-12-6-10(16)4-3-9(12)8-21-14-19-18-13(22-14)17-7-11-2-1-5-20-11/h3-4,6,11H,1-2,5,7-8H2,(H,17,18). The lowest BCUT2D eigenvalue weighted by atomic mass is 10.2. The summed E-state index contributed by atoms with van der Waals surface area (Å²) in [6.45, 7) is 1.64. The van der Waals surface area contributed by atoms with E-state index in [4.69, 9.17) is 4.74 Å². The highest BCUT2D eigenvalue weighted by atomic mass is 79.9. The van der Waals surface area contributed by atoms with Gasteiger partial charge < -0.3 is 10.1 Å². The fraction of sp³-hybridized carbons (Fsp3) is 0.429. The van der Waals surface area contributed by atoms with Crippen LogP contribution in [-0.2, 0) is 10.5 Å². The van der Waals surface area contributed by atoms with E-state index >= 15 is 0 Å². The number of anilines is 1. The Bertz CT molecular complexity index is 634. The van der Waals surface area contributed by atoms with Gasteiger partial charge in [0.1, 0.15) is 5.82 Å². The van der Waals surface area contributed by atoms with Crippen LogP contribution >= 0.6 is 39.0 Å². The summed E-state index contributed by atoms with van der Waals surface area (Å²) in [6, 6.07) is 4.73. The SMILES string of the molecule is Fc1ccc(CSc2nnc(NCC3CCCO3)s2)c(Br)c1. The normalized spacial score (nSPS) is 17.8. The van der Waals surface area contributed by atoms with Crippen LogP contribution in [0.15, 0.2) is 27.0 Å². The summed E-state index contributed by atoms with van der Waals surface area (Å²) in [5, 5.41) is 12.4. The van der Waals surface area contributed by atoms with Crippen LogP contribution in [0.1, 0.15) is 18.4 Å². The lowest BCUT2D eigenvalue weighted by Crippen LogP contribution is -2.18. The van der Waals surface area contributed by atoms with Gasteiger partial charge in [-0.3, -0.25) is 0 Å². The van der Waals surface area contributed by atoms with Crippen LogP contribution in [0.4, 0.5) is 9.52 Å². The maximum Gasteiger partial charge on any atom is 0.206 e. The molecule has 0 amide bonds. The van der Waals surface area contributed by atoms with E-state index in [0.717, 1.165) is 51.3 Å². The van der Waals surface area contributed by atoms with Crippen LogP contribution in [0.25, 0.3) is 0 Å². The van der Waals surface area contributed by atoms with Gasteiger partial charge in [0.15, 0.2) is 4.34 Å². The van der Waals surface area contributed by atoms with Crippen molar-refractivity contribution in [3.63, 3.8) is 0 Å². The molecule has 1 atom stereocenters. The van der Waals surface area contributed by atoms with Gasteiger partial charge in [-0.2, -0.15) is 0 Å². The molecule has 1 N–H and O–H groups in total. The van der Waals surface area contributed by atoms with Crippen molar-refractivity contribution in [3.8, 4) is 0 Å². The molecule has 22 heavy (non-hydrogen) atoms. The number of aromatic nitrogens is 2. The molecule has 2 heterocycles. The summed E-state index contributed by atoms with van der Waals surface area (Å²) in [5.74, 6) is 0.485. The smallest absolute Gasteiger partial charge is 0.206 e. The Labute approximate surface area is 145 Å². The van der Waals surface area contributed by atoms with Gasteiger partial charge >= 0.3 is 0 Å². The summed E-state index contributed by atoms with van der Waals surface area (Å²) in [7, 11) is 0. The lowest BCUT2D eigenvalue weighted by Gasteiger charge is -2.08. The number of benzene rings is 1. The fourth-order valence-electron chi connectivity index (χ4n) is 2.12. The molecule has 4 nitrogen and oxygen atoms in total. The Morgan fingerprint density at radius 3 is 3.14 bits per heavy atom. The number of thioether (sulfide) groups is 1. The Morgan fingerprint density at radius 1 is 1.45 bits per heavy atom. The summed E-state index contributed by atoms with van der Waals surface area (Å²) in [6.07, 6.45) is 2.53. The molecule has 1 aliphatic rings. The molecule has 8 heteroatoms. The van der Waals surface area contributed by atoms with E-state index in [9.17, 15) is 4.39 Å². The number of nitrogens with zero attached hydrogens (tertiary/aromatic N) is 2. The molecule has 1 saturated heterocycles. The molecule has 1 aromatic heterocycles. The summed E-state index contributed by atoms with van der Waals surface area (Å²) in [4.78, 5) is 0. The number of nitrogens with one attached hydrogen (secondary N) is 1. The number of halogens is 2. The van der Waals surface area contributed by atoms with Crippen molar-refractivity contribution in [1.82, 2.24) is 10.2 Å². The van der Waals surface area contributed by atoms with Gasteiger partial charge in [0.25, 0.3) is 0 Å². The van der Waals surface area contributed by atoms with Gasteiger partial charge in [-0.05, 0) is 30.5 Å². The van der Waals surface area contributed by atoms with Crippen molar-refractivity contribution in [2.75, 3.05) is 18.5 Å². The molecule has 118 valence electrons. The van der Waals surface area contributed by atoms with Crippen LogP contribution in [0.5, 0.6) is 0 Å². The zero-order valence-electron chi connectivity index (χ0n) is 11.7. The van der Waals surface area contributed by atoms with E-state index in [2.05, 4.69) is 31.4 Å². The molecule has 1 aromatic carbocycles. The minimum atomic E-state index is -0.239. The molecule has 1 aliphatic heterocycles. The van der Waals surface area contributed by atoms with Crippen LogP contribution < -0.4 is 5.32 Å². The molecule has 2 aromatic rings. The van der Waals surface area contributed by atoms with Crippen molar-refractivity contribution < 1.29 is 9.13 Å². The second-order valence-electron chi connectivity index (χ2n) is 4.91. The van der Waals surface area contributed by atoms with E-state index in [-0.39, 0.29) is 11.9 Å². The molecule has 0 bridgehead atoms. The van der Waals surface area contributed by atoms with Gasteiger partial charge in [-0.1, -0.05) is 45.1 Å². The highest BCUT2D eigenvalue weighted by Gasteiger charge is 2.16. The third-order valence-electron chi connectivity index (χ3n) is 3.28. The first-order valence-electron chi connectivity index (χ1n) is 6.96. The minimum absolute atomic E-state index is 0.239. The third-order valence-corrected chi connectivity index (χ3v) is 6.08. The van der Waals surface area contributed by atoms with Crippen LogP contribution in [0.2, 0.25) is 0 Å². The van der Waals surface area contributed by atoms with E-state index in [1.54, 1.807) is 17.8 Å². The van der Waals surface area contributed by atoms with Gasteiger partial charge in [0, 0.05) is 23.4 Å². The van der Waals surface area contributed by atoms with E-state index in [1.165, 1.54) is 23.5 Å². The topological polar surface area (TPSA) is 47.0 Å². The van der Waals surface area contributed by atoms with Crippen LogP contribution in [-0.4, -0.2) is 29.5 Å². The maximum atomic E-state index is 13.1. The fourth-order valence-corrected chi connectivity index (χ4v) is 4.56. The first-order chi connectivity index (χ1) is 10.7. The molecule has 0 aliphatic carbocycles. The predicted molar refractivity (Wildman–Crippen MR) is 91.0 cm³/mol.